The Balaban J connectivity index is 3.03. The molecule has 0 spiro atoms. The second kappa shape index (κ2) is 4.13. The van der Waals surface area contributed by atoms with Crippen molar-refractivity contribution in [2.24, 2.45) is 5.41 Å². The minimum absolute atomic E-state index is 0.0191. The van der Waals surface area contributed by atoms with Gasteiger partial charge in [-0.3, -0.25) is 9.59 Å². The van der Waals surface area contributed by atoms with Crippen molar-refractivity contribution < 1.29 is 9.59 Å². The third-order valence-corrected chi connectivity index (χ3v) is 2.76. The van der Waals surface area contributed by atoms with Crippen LogP contribution in [0.3, 0.4) is 0 Å². The Hall–Kier alpha value is -1.18. The average molecular weight is 206 g/mol. The first-order chi connectivity index (χ1) is 6.84. The van der Waals surface area contributed by atoms with Crippen molar-refractivity contribution in [3.05, 3.63) is 23.3 Å². The predicted octanol–water partition coefficient (Wildman–Crippen LogP) is 2.84. The summed E-state index contributed by atoms with van der Waals surface area (Å²) in [6, 6.07) is 0. The van der Waals surface area contributed by atoms with E-state index in [2.05, 4.69) is 6.08 Å². The van der Waals surface area contributed by atoms with Gasteiger partial charge in [0.1, 0.15) is 5.78 Å². The van der Waals surface area contributed by atoms with Gasteiger partial charge in [0.2, 0.25) is 0 Å². The van der Waals surface area contributed by atoms with Crippen LogP contribution in [0.4, 0.5) is 0 Å². The molecule has 0 N–H and O–H groups in total. The molecule has 2 nitrogen and oxygen atoms in total. The van der Waals surface area contributed by atoms with Gasteiger partial charge in [0.15, 0.2) is 5.78 Å². The maximum atomic E-state index is 11.9. The molecule has 0 aliphatic heterocycles. The molecule has 15 heavy (non-hydrogen) atoms. The standard InChI is InChI=1S/C13H18O2/c1-9-6-5-7-13(3,4)12(9)11(15)8-10(2)14/h5-6H,7-8H2,1-4H3. The fourth-order valence-corrected chi connectivity index (χ4v) is 2.16. The normalized spacial score (nSPS) is 19.2. The van der Waals surface area contributed by atoms with Crippen molar-refractivity contribution in [3.63, 3.8) is 0 Å². The fourth-order valence-electron chi connectivity index (χ4n) is 2.16. The Labute approximate surface area is 91.1 Å². The van der Waals surface area contributed by atoms with Crippen molar-refractivity contribution in [3.8, 4) is 0 Å². The Bertz CT molecular complexity index is 357. The highest BCUT2D eigenvalue weighted by molar-refractivity contribution is 6.08. The van der Waals surface area contributed by atoms with Gasteiger partial charge in [0.05, 0.1) is 6.42 Å². The summed E-state index contributed by atoms with van der Waals surface area (Å²) in [6.45, 7) is 7.49. The summed E-state index contributed by atoms with van der Waals surface area (Å²) in [5, 5.41) is 0. The number of rotatable bonds is 3. The van der Waals surface area contributed by atoms with E-state index in [-0.39, 0.29) is 23.4 Å². The van der Waals surface area contributed by atoms with E-state index in [0.29, 0.717) is 0 Å². The molecule has 0 saturated carbocycles. The first-order valence-electron chi connectivity index (χ1n) is 5.25. The van der Waals surface area contributed by atoms with Crippen LogP contribution in [-0.2, 0) is 9.59 Å². The van der Waals surface area contributed by atoms with E-state index in [4.69, 9.17) is 0 Å². The van der Waals surface area contributed by atoms with Crippen LogP contribution < -0.4 is 0 Å². The van der Waals surface area contributed by atoms with E-state index < -0.39 is 0 Å². The zero-order valence-corrected chi connectivity index (χ0v) is 9.89. The molecule has 0 atom stereocenters. The third kappa shape index (κ3) is 2.65. The molecule has 0 bridgehead atoms. The van der Waals surface area contributed by atoms with Crippen LogP contribution in [0.5, 0.6) is 0 Å². The van der Waals surface area contributed by atoms with Crippen LogP contribution in [0.1, 0.15) is 40.5 Å². The van der Waals surface area contributed by atoms with E-state index in [1.165, 1.54) is 6.92 Å². The Morgan fingerprint density at radius 1 is 1.40 bits per heavy atom. The molecule has 0 unspecified atom stereocenters. The summed E-state index contributed by atoms with van der Waals surface area (Å²) < 4.78 is 0. The number of allylic oxidation sites excluding steroid dienone is 4. The number of hydrogen-bond donors (Lipinski definition) is 0. The number of hydrogen-bond acceptors (Lipinski definition) is 2. The highest BCUT2D eigenvalue weighted by Gasteiger charge is 2.31. The first-order valence-corrected chi connectivity index (χ1v) is 5.25. The molecule has 0 aromatic heterocycles. The molecule has 2 heteroatoms. The lowest BCUT2D eigenvalue weighted by atomic mass is 9.73. The summed E-state index contributed by atoms with van der Waals surface area (Å²) in [5.74, 6) is -0.0833. The lowest BCUT2D eigenvalue weighted by Crippen LogP contribution is -2.25. The number of Topliss-reactive ketones (excluding diaryl/α,β-unsaturated/α-hetero) is 2. The van der Waals surface area contributed by atoms with Gasteiger partial charge in [-0.1, -0.05) is 26.0 Å². The molecule has 0 aromatic carbocycles. The highest BCUT2D eigenvalue weighted by atomic mass is 16.1. The second-order valence-electron chi connectivity index (χ2n) is 4.85. The van der Waals surface area contributed by atoms with Crippen molar-refractivity contribution in [2.75, 3.05) is 0 Å². The topological polar surface area (TPSA) is 34.1 Å². The average Bonchev–Trinajstić information content (AvgIpc) is 1.99. The zero-order valence-electron chi connectivity index (χ0n) is 9.89. The molecule has 0 aromatic rings. The lowest BCUT2D eigenvalue weighted by Gasteiger charge is -2.30. The Morgan fingerprint density at radius 2 is 2.00 bits per heavy atom. The molecule has 0 fully saturated rings. The maximum absolute atomic E-state index is 11.9. The largest absolute Gasteiger partial charge is 0.300 e. The van der Waals surface area contributed by atoms with Gasteiger partial charge >= 0.3 is 0 Å². The minimum atomic E-state index is -0.134. The van der Waals surface area contributed by atoms with Gasteiger partial charge in [0.25, 0.3) is 0 Å². The summed E-state index contributed by atoms with van der Waals surface area (Å²) in [4.78, 5) is 22.9. The lowest BCUT2D eigenvalue weighted by molar-refractivity contribution is -0.124. The summed E-state index contributed by atoms with van der Waals surface area (Å²) in [5.41, 5.74) is 1.68. The zero-order chi connectivity index (χ0) is 11.6. The van der Waals surface area contributed by atoms with Gasteiger partial charge < -0.3 is 0 Å². The van der Waals surface area contributed by atoms with E-state index in [1.54, 1.807) is 0 Å². The third-order valence-electron chi connectivity index (χ3n) is 2.76. The molecular formula is C13H18O2. The van der Waals surface area contributed by atoms with Crippen LogP contribution in [-0.4, -0.2) is 11.6 Å². The predicted molar refractivity (Wildman–Crippen MR) is 60.5 cm³/mol. The molecule has 1 rings (SSSR count). The van der Waals surface area contributed by atoms with Gasteiger partial charge in [0, 0.05) is 5.57 Å². The Kier molecular flexibility index (Phi) is 3.28. The molecule has 82 valence electrons. The Morgan fingerprint density at radius 3 is 2.47 bits per heavy atom. The van der Waals surface area contributed by atoms with E-state index in [0.717, 1.165) is 17.6 Å². The SMILES string of the molecule is CC(=O)CC(=O)C1=C(C)C=CCC1(C)C. The smallest absolute Gasteiger partial charge is 0.167 e. The summed E-state index contributed by atoms with van der Waals surface area (Å²) in [7, 11) is 0. The maximum Gasteiger partial charge on any atom is 0.167 e. The van der Waals surface area contributed by atoms with Crippen molar-refractivity contribution in [1.82, 2.24) is 0 Å². The van der Waals surface area contributed by atoms with Gasteiger partial charge in [-0.2, -0.15) is 0 Å². The molecule has 1 aliphatic carbocycles. The van der Waals surface area contributed by atoms with Gasteiger partial charge in [-0.25, -0.2) is 0 Å². The highest BCUT2D eigenvalue weighted by Crippen LogP contribution is 2.37. The molecule has 0 amide bonds. The molecule has 0 radical (unpaired) electrons. The molecule has 1 aliphatic rings. The summed E-state index contributed by atoms with van der Waals surface area (Å²) >= 11 is 0. The number of carbonyl (C=O) groups excluding carboxylic acids is 2. The van der Waals surface area contributed by atoms with E-state index in [9.17, 15) is 9.59 Å². The molecule has 0 saturated heterocycles. The second-order valence-corrected chi connectivity index (χ2v) is 4.85. The number of ketones is 2. The summed E-state index contributed by atoms with van der Waals surface area (Å²) in [6.07, 6.45) is 4.95. The molecule has 0 heterocycles. The van der Waals surface area contributed by atoms with Gasteiger partial charge in [-0.15, -0.1) is 0 Å². The molecular weight excluding hydrogens is 188 g/mol. The van der Waals surface area contributed by atoms with Crippen molar-refractivity contribution in [2.45, 2.75) is 40.5 Å². The monoisotopic (exact) mass is 206 g/mol. The minimum Gasteiger partial charge on any atom is -0.300 e. The van der Waals surface area contributed by atoms with Crippen LogP contribution in [0.15, 0.2) is 23.3 Å². The van der Waals surface area contributed by atoms with E-state index >= 15 is 0 Å². The van der Waals surface area contributed by atoms with Crippen molar-refractivity contribution >= 4 is 11.6 Å². The van der Waals surface area contributed by atoms with Crippen LogP contribution >= 0.6 is 0 Å². The van der Waals surface area contributed by atoms with Crippen molar-refractivity contribution in [1.29, 1.82) is 0 Å². The van der Waals surface area contributed by atoms with Gasteiger partial charge in [-0.05, 0) is 31.3 Å². The fraction of sp³-hybridized carbons (Fsp3) is 0.538. The van der Waals surface area contributed by atoms with E-state index in [1.807, 2.05) is 26.8 Å². The first kappa shape index (κ1) is 11.9. The van der Waals surface area contributed by atoms with Crippen LogP contribution in [0.25, 0.3) is 0 Å². The van der Waals surface area contributed by atoms with Crippen LogP contribution in [0.2, 0.25) is 0 Å². The van der Waals surface area contributed by atoms with Crippen LogP contribution in [0, 0.1) is 5.41 Å². The quantitative estimate of drug-likeness (QED) is 0.665. The number of carbonyl (C=O) groups is 2.